The van der Waals surface area contributed by atoms with E-state index >= 15 is 0 Å². The molecule has 0 spiro atoms. The number of carbonyl (C=O) groups excluding carboxylic acids is 3. The number of unbranched alkanes of at least 4 members (excludes halogenated alkanes) is 3. The van der Waals surface area contributed by atoms with Crippen molar-refractivity contribution in [3.63, 3.8) is 0 Å². The predicted molar refractivity (Wildman–Crippen MR) is 98.9 cm³/mol. The highest BCUT2D eigenvalue weighted by atomic mass is 32.1. The number of amides is 2. The van der Waals surface area contributed by atoms with Crippen molar-refractivity contribution in [2.45, 2.75) is 64.8 Å². The zero-order valence-corrected chi connectivity index (χ0v) is 16.0. The van der Waals surface area contributed by atoms with Gasteiger partial charge in [-0.25, -0.2) is 0 Å². The van der Waals surface area contributed by atoms with Gasteiger partial charge in [0, 0.05) is 19.5 Å². The second kappa shape index (κ2) is 11.8. The SMILES string of the molecule is CCCCCC(=O)NC(=S)N1CCNC(=O)[C@@H]1CC(=O)OCCCC. The molecule has 2 amide bonds. The molecule has 1 rings (SSSR count). The van der Waals surface area contributed by atoms with Gasteiger partial charge in [0.1, 0.15) is 6.04 Å². The van der Waals surface area contributed by atoms with Gasteiger partial charge < -0.3 is 20.3 Å². The van der Waals surface area contributed by atoms with Crippen molar-refractivity contribution in [2.75, 3.05) is 19.7 Å². The summed E-state index contributed by atoms with van der Waals surface area (Å²) in [5.41, 5.74) is 0. The minimum atomic E-state index is -0.744. The van der Waals surface area contributed by atoms with Crippen molar-refractivity contribution in [3.8, 4) is 0 Å². The summed E-state index contributed by atoms with van der Waals surface area (Å²) in [4.78, 5) is 37.6. The molecule has 25 heavy (non-hydrogen) atoms. The zero-order chi connectivity index (χ0) is 18.7. The maximum Gasteiger partial charge on any atom is 0.308 e. The van der Waals surface area contributed by atoms with Gasteiger partial charge in [-0.3, -0.25) is 14.4 Å². The van der Waals surface area contributed by atoms with E-state index in [0.717, 1.165) is 32.1 Å². The van der Waals surface area contributed by atoms with Crippen LogP contribution >= 0.6 is 12.2 Å². The van der Waals surface area contributed by atoms with Crippen molar-refractivity contribution in [1.29, 1.82) is 0 Å². The number of ether oxygens (including phenoxy) is 1. The van der Waals surface area contributed by atoms with Crippen molar-refractivity contribution >= 4 is 35.1 Å². The van der Waals surface area contributed by atoms with Gasteiger partial charge in [-0.2, -0.15) is 0 Å². The first-order chi connectivity index (χ1) is 12.0. The molecule has 1 aliphatic heterocycles. The average Bonchev–Trinajstić information content (AvgIpc) is 2.57. The molecule has 1 aliphatic rings. The van der Waals surface area contributed by atoms with E-state index in [1.165, 1.54) is 0 Å². The molecule has 0 aromatic heterocycles. The molecule has 0 radical (unpaired) electrons. The first kappa shape index (κ1) is 21.3. The van der Waals surface area contributed by atoms with Crippen LogP contribution in [-0.2, 0) is 19.1 Å². The van der Waals surface area contributed by atoms with E-state index in [-0.39, 0.29) is 23.3 Å². The fraction of sp³-hybridized carbons (Fsp3) is 0.765. The van der Waals surface area contributed by atoms with Crippen LogP contribution in [0.15, 0.2) is 0 Å². The Labute approximate surface area is 154 Å². The third kappa shape index (κ3) is 7.81. The van der Waals surface area contributed by atoms with Crippen LogP contribution in [0.4, 0.5) is 0 Å². The molecule has 8 heteroatoms. The van der Waals surface area contributed by atoms with E-state index in [1.54, 1.807) is 4.90 Å². The lowest BCUT2D eigenvalue weighted by Gasteiger charge is -2.36. The average molecular weight is 372 g/mol. The second-order valence-electron chi connectivity index (χ2n) is 6.09. The molecule has 0 unspecified atom stereocenters. The highest BCUT2D eigenvalue weighted by Gasteiger charge is 2.34. The molecule has 1 saturated heterocycles. The lowest BCUT2D eigenvalue weighted by molar-refractivity contribution is -0.147. The monoisotopic (exact) mass is 371 g/mol. The summed E-state index contributed by atoms with van der Waals surface area (Å²) in [5, 5.41) is 5.59. The van der Waals surface area contributed by atoms with E-state index in [9.17, 15) is 14.4 Å². The maximum absolute atomic E-state index is 12.1. The molecule has 0 bridgehead atoms. The Morgan fingerprint density at radius 2 is 2.00 bits per heavy atom. The topological polar surface area (TPSA) is 87.7 Å². The fourth-order valence-corrected chi connectivity index (χ4v) is 2.83. The van der Waals surface area contributed by atoms with Gasteiger partial charge in [-0.15, -0.1) is 0 Å². The zero-order valence-electron chi connectivity index (χ0n) is 15.1. The van der Waals surface area contributed by atoms with Gasteiger partial charge in [0.05, 0.1) is 13.0 Å². The van der Waals surface area contributed by atoms with Gasteiger partial charge in [-0.1, -0.05) is 33.1 Å². The lowest BCUT2D eigenvalue weighted by atomic mass is 10.1. The van der Waals surface area contributed by atoms with Crippen LogP contribution in [0, 0.1) is 0 Å². The Morgan fingerprint density at radius 1 is 1.28 bits per heavy atom. The summed E-state index contributed by atoms with van der Waals surface area (Å²) in [6.45, 7) is 5.30. The van der Waals surface area contributed by atoms with Crippen LogP contribution in [0.3, 0.4) is 0 Å². The Hall–Kier alpha value is -1.70. The normalized spacial score (nSPS) is 17.0. The second-order valence-corrected chi connectivity index (χ2v) is 6.48. The molecule has 2 N–H and O–H groups in total. The van der Waals surface area contributed by atoms with Gasteiger partial charge in [0.2, 0.25) is 11.8 Å². The third-order valence-electron chi connectivity index (χ3n) is 3.97. The summed E-state index contributed by atoms with van der Waals surface area (Å²) in [6.07, 6.45) is 4.86. The van der Waals surface area contributed by atoms with E-state index in [4.69, 9.17) is 17.0 Å². The van der Waals surface area contributed by atoms with E-state index in [0.29, 0.717) is 26.1 Å². The fourth-order valence-electron chi connectivity index (χ4n) is 2.50. The van der Waals surface area contributed by atoms with Gasteiger partial charge in [-0.05, 0) is 25.1 Å². The largest absolute Gasteiger partial charge is 0.466 e. The molecule has 1 atom stereocenters. The Kier molecular flexibility index (Phi) is 10.1. The summed E-state index contributed by atoms with van der Waals surface area (Å²) in [5.74, 6) is -0.868. The van der Waals surface area contributed by atoms with Crippen molar-refractivity contribution in [1.82, 2.24) is 15.5 Å². The van der Waals surface area contributed by atoms with Gasteiger partial charge >= 0.3 is 5.97 Å². The molecule has 0 aliphatic carbocycles. The van der Waals surface area contributed by atoms with Crippen LogP contribution in [0.25, 0.3) is 0 Å². The van der Waals surface area contributed by atoms with E-state index in [2.05, 4.69) is 17.6 Å². The molecular formula is C17H29N3O4S. The van der Waals surface area contributed by atoms with Crippen LogP contribution in [-0.4, -0.2) is 53.5 Å². The molecule has 0 saturated carbocycles. The molecule has 0 aromatic rings. The number of rotatable bonds is 9. The minimum Gasteiger partial charge on any atom is -0.466 e. The number of piperazine rings is 1. The molecule has 0 aromatic carbocycles. The minimum absolute atomic E-state index is 0.0820. The van der Waals surface area contributed by atoms with Crippen molar-refractivity contribution < 1.29 is 19.1 Å². The van der Waals surface area contributed by atoms with Crippen LogP contribution in [0.5, 0.6) is 0 Å². The summed E-state index contributed by atoms with van der Waals surface area (Å²) in [6, 6.07) is -0.744. The standard InChI is InChI=1S/C17H29N3O4S/c1-3-5-7-8-14(21)19-17(25)20-10-9-18-16(23)13(20)12-15(22)24-11-6-4-2/h13H,3-12H2,1-2H3,(H,18,23)(H,19,21,25)/t13-/m0/s1. The third-order valence-corrected chi connectivity index (χ3v) is 4.30. The Balaban J connectivity index is 2.57. The Morgan fingerprint density at radius 3 is 2.68 bits per heavy atom. The first-order valence-corrected chi connectivity index (χ1v) is 9.44. The Bertz CT molecular complexity index is 485. The smallest absolute Gasteiger partial charge is 0.308 e. The highest BCUT2D eigenvalue weighted by Crippen LogP contribution is 2.11. The summed E-state index contributed by atoms with van der Waals surface area (Å²) < 4.78 is 5.13. The van der Waals surface area contributed by atoms with Gasteiger partial charge in [0.15, 0.2) is 5.11 Å². The molecular weight excluding hydrogens is 342 g/mol. The molecule has 1 heterocycles. The van der Waals surface area contributed by atoms with E-state index in [1.807, 2.05) is 6.92 Å². The molecule has 7 nitrogen and oxygen atoms in total. The van der Waals surface area contributed by atoms with Crippen LogP contribution < -0.4 is 10.6 Å². The number of esters is 1. The quantitative estimate of drug-likeness (QED) is 0.363. The van der Waals surface area contributed by atoms with Crippen LogP contribution in [0.2, 0.25) is 0 Å². The first-order valence-electron chi connectivity index (χ1n) is 9.03. The molecule has 1 fully saturated rings. The summed E-state index contributed by atoms with van der Waals surface area (Å²) >= 11 is 5.28. The van der Waals surface area contributed by atoms with Crippen molar-refractivity contribution in [3.05, 3.63) is 0 Å². The number of nitrogens with zero attached hydrogens (tertiary/aromatic N) is 1. The van der Waals surface area contributed by atoms with Gasteiger partial charge in [0.25, 0.3) is 0 Å². The number of hydrogen-bond acceptors (Lipinski definition) is 5. The van der Waals surface area contributed by atoms with Crippen LogP contribution in [0.1, 0.15) is 58.8 Å². The predicted octanol–water partition coefficient (Wildman–Crippen LogP) is 1.50. The number of thiocarbonyl (C=S) groups is 1. The lowest BCUT2D eigenvalue weighted by Crippen LogP contribution is -2.60. The number of nitrogens with one attached hydrogen (secondary N) is 2. The van der Waals surface area contributed by atoms with E-state index < -0.39 is 12.0 Å². The number of hydrogen-bond donors (Lipinski definition) is 2. The molecule has 142 valence electrons. The summed E-state index contributed by atoms with van der Waals surface area (Å²) in [7, 11) is 0. The maximum atomic E-state index is 12.1. The number of carbonyl (C=O) groups is 3. The van der Waals surface area contributed by atoms with Crippen molar-refractivity contribution in [2.24, 2.45) is 0 Å². The highest BCUT2D eigenvalue weighted by molar-refractivity contribution is 7.80.